The average Bonchev–Trinajstić information content (AvgIpc) is 2.16. The number of hydrogen-bond acceptors (Lipinski definition) is 4. The number of benzene rings is 1. The van der Waals surface area contributed by atoms with E-state index in [4.69, 9.17) is 20.2 Å². The van der Waals surface area contributed by atoms with Gasteiger partial charge in [-0.05, 0) is 24.6 Å². The number of aryl methyl sites for hydroxylation is 1. The van der Waals surface area contributed by atoms with Crippen molar-refractivity contribution in [2.24, 2.45) is 0 Å². The van der Waals surface area contributed by atoms with Gasteiger partial charge in [0.1, 0.15) is 17.3 Å². The van der Waals surface area contributed by atoms with Crippen LogP contribution in [0.2, 0.25) is 0 Å². The number of methoxy groups -OCH3 is 1. The highest BCUT2D eigenvalue weighted by molar-refractivity contribution is 8.13. The lowest BCUT2D eigenvalue weighted by molar-refractivity contribution is 0.144. The van der Waals surface area contributed by atoms with Crippen LogP contribution >= 0.6 is 10.7 Å². The molecule has 0 saturated heterocycles. The highest BCUT2D eigenvalue weighted by atomic mass is 35.7. The lowest BCUT2D eigenvalue weighted by Gasteiger charge is -2.09. The Labute approximate surface area is 99.6 Å². The minimum atomic E-state index is -3.78. The van der Waals surface area contributed by atoms with Gasteiger partial charge in [-0.1, -0.05) is 6.07 Å². The van der Waals surface area contributed by atoms with Crippen molar-refractivity contribution in [3.05, 3.63) is 23.8 Å². The Morgan fingerprint density at radius 3 is 2.56 bits per heavy atom. The van der Waals surface area contributed by atoms with Crippen LogP contribution in [0.4, 0.5) is 0 Å². The third kappa shape index (κ3) is 3.66. The van der Waals surface area contributed by atoms with Gasteiger partial charge in [-0.25, -0.2) is 8.42 Å². The van der Waals surface area contributed by atoms with E-state index >= 15 is 0 Å². The van der Waals surface area contributed by atoms with Crippen molar-refractivity contribution in [2.75, 3.05) is 20.3 Å². The molecule has 4 nitrogen and oxygen atoms in total. The molecule has 1 rings (SSSR count). The zero-order valence-electron chi connectivity index (χ0n) is 9.07. The van der Waals surface area contributed by atoms with Gasteiger partial charge >= 0.3 is 0 Å². The molecule has 1 aromatic rings. The summed E-state index contributed by atoms with van der Waals surface area (Å²) >= 11 is 0. The summed E-state index contributed by atoms with van der Waals surface area (Å²) in [5.74, 6) is 0.257. The molecule has 0 saturated carbocycles. The zero-order valence-corrected chi connectivity index (χ0v) is 10.6. The number of hydrogen-bond donors (Lipinski definition) is 0. The van der Waals surface area contributed by atoms with E-state index in [0.29, 0.717) is 6.61 Å². The van der Waals surface area contributed by atoms with Crippen molar-refractivity contribution < 1.29 is 17.9 Å². The normalized spacial score (nSPS) is 11.4. The molecule has 0 N–H and O–H groups in total. The summed E-state index contributed by atoms with van der Waals surface area (Å²) in [6.45, 7) is 2.50. The van der Waals surface area contributed by atoms with E-state index in [9.17, 15) is 8.42 Å². The molecule has 0 aliphatic heterocycles. The van der Waals surface area contributed by atoms with Crippen LogP contribution in [0, 0.1) is 6.92 Å². The topological polar surface area (TPSA) is 52.6 Å². The largest absolute Gasteiger partial charge is 0.490 e. The van der Waals surface area contributed by atoms with Crippen LogP contribution in [0.25, 0.3) is 0 Å². The first kappa shape index (κ1) is 13.3. The zero-order chi connectivity index (χ0) is 12.2. The fourth-order valence-electron chi connectivity index (χ4n) is 1.16. The van der Waals surface area contributed by atoms with E-state index in [1.807, 2.05) is 6.92 Å². The van der Waals surface area contributed by atoms with E-state index in [0.717, 1.165) is 5.56 Å². The van der Waals surface area contributed by atoms with Gasteiger partial charge in [-0.3, -0.25) is 0 Å². The minimum Gasteiger partial charge on any atom is -0.490 e. The SMILES string of the molecule is COCCOc1cc(C)ccc1S(=O)(=O)Cl. The van der Waals surface area contributed by atoms with Crippen LogP contribution in [0.1, 0.15) is 5.56 Å². The second-order valence-corrected chi connectivity index (χ2v) is 5.76. The Bertz CT molecular complexity index is 456. The van der Waals surface area contributed by atoms with Crippen molar-refractivity contribution in [1.29, 1.82) is 0 Å². The summed E-state index contributed by atoms with van der Waals surface area (Å²) < 4.78 is 32.6. The first-order chi connectivity index (χ1) is 7.45. The summed E-state index contributed by atoms with van der Waals surface area (Å²) in [4.78, 5) is -0.0177. The number of halogens is 1. The predicted octanol–water partition coefficient (Wildman–Crippen LogP) is 1.95. The molecule has 1 aromatic carbocycles. The highest BCUT2D eigenvalue weighted by Gasteiger charge is 2.16. The van der Waals surface area contributed by atoms with Gasteiger partial charge in [0.2, 0.25) is 0 Å². The molecule has 90 valence electrons. The molecule has 0 heterocycles. The molecule has 0 radical (unpaired) electrons. The maximum absolute atomic E-state index is 11.3. The first-order valence-electron chi connectivity index (χ1n) is 4.62. The van der Waals surface area contributed by atoms with Crippen molar-refractivity contribution >= 4 is 19.7 Å². The highest BCUT2D eigenvalue weighted by Crippen LogP contribution is 2.27. The second kappa shape index (κ2) is 5.52. The van der Waals surface area contributed by atoms with Gasteiger partial charge in [-0.15, -0.1) is 0 Å². The van der Waals surface area contributed by atoms with E-state index in [1.165, 1.54) is 6.07 Å². The maximum atomic E-state index is 11.3. The molecule has 0 aliphatic rings. The Morgan fingerprint density at radius 1 is 1.31 bits per heavy atom. The van der Waals surface area contributed by atoms with Crippen LogP contribution in [-0.4, -0.2) is 28.7 Å². The van der Waals surface area contributed by atoms with Crippen LogP contribution in [0.15, 0.2) is 23.1 Å². The van der Waals surface area contributed by atoms with Crippen molar-refractivity contribution in [3.8, 4) is 5.75 Å². The molecule has 0 aromatic heterocycles. The van der Waals surface area contributed by atoms with Gasteiger partial charge in [0.15, 0.2) is 0 Å². The van der Waals surface area contributed by atoms with Gasteiger partial charge in [0, 0.05) is 17.8 Å². The van der Waals surface area contributed by atoms with E-state index in [2.05, 4.69) is 0 Å². The average molecular weight is 265 g/mol. The lowest BCUT2D eigenvalue weighted by atomic mass is 10.2. The van der Waals surface area contributed by atoms with E-state index < -0.39 is 9.05 Å². The van der Waals surface area contributed by atoms with Crippen molar-refractivity contribution in [1.82, 2.24) is 0 Å². The molecular formula is C10H13ClO4S. The third-order valence-electron chi connectivity index (χ3n) is 1.91. The van der Waals surface area contributed by atoms with Crippen molar-refractivity contribution in [3.63, 3.8) is 0 Å². The summed E-state index contributed by atoms with van der Waals surface area (Å²) in [5.41, 5.74) is 0.900. The summed E-state index contributed by atoms with van der Waals surface area (Å²) in [6.07, 6.45) is 0. The molecule has 0 unspecified atom stereocenters. The second-order valence-electron chi connectivity index (χ2n) is 3.23. The Kier molecular flexibility index (Phi) is 4.58. The quantitative estimate of drug-likeness (QED) is 0.603. The van der Waals surface area contributed by atoms with Gasteiger partial charge in [0.05, 0.1) is 6.61 Å². The number of rotatable bonds is 5. The van der Waals surface area contributed by atoms with Gasteiger partial charge in [-0.2, -0.15) is 0 Å². The fraction of sp³-hybridized carbons (Fsp3) is 0.400. The Hall–Kier alpha value is -0.780. The monoisotopic (exact) mass is 264 g/mol. The molecule has 0 aliphatic carbocycles. The summed E-state index contributed by atoms with van der Waals surface area (Å²) in [5, 5.41) is 0. The summed E-state index contributed by atoms with van der Waals surface area (Å²) in [6, 6.07) is 4.73. The number of ether oxygens (including phenoxy) is 2. The van der Waals surface area contributed by atoms with Crippen LogP contribution in [0.5, 0.6) is 5.75 Å². The third-order valence-corrected chi connectivity index (χ3v) is 3.27. The Balaban J connectivity index is 3.00. The molecule has 0 amide bonds. The molecule has 0 atom stereocenters. The van der Waals surface area contributed by atoms with E-state index in [1.54, 1.807) is 19.2 Å². The first-order valence-corrected chi connectivity index (χ1v) is 6.93. The lowest BCUT2D eigenvalue weighted by Crippen LogP contribution is -2.07. The molecule has 0 bridgehead atoms. The molecule has 0 spiro atoms. The van der Waals surface area contributed by atoms with Crippen LogP contribution in [0.3, 0.4) is 0 Å². The van der Waals surface area contributed by atoms with Crippen LogP contribution in [-0.2, 0) is 13.8 Å². The van der Waals surface area contributed by atoms with E-state index in [-0.39, 0.29) is 17.3 Å². The molecule has 6 heteroatoms. The van der Waals surface area contributed by atoms with Crippen LogP contribution < -0.4 is 4.74 Å². The van der Waals surface area contributed by atoms with Gasteiger partial charge < -0.3 is 9.47 Å². The summed E-state index contributed by atoms with van der Waals surface area (Å²) in [7, 11) is 3.05. The smallest absolute Gasteiger partial charge is 0.264 e. The standard InChI is InChI=1S/C10H13ClO4S/c1-8-3-4-10(16(11,12)13)9(7-8)15-6-5-14-2/h3-4,7H,5-6H2,1-2H3. The molecule has 0 fully saturated rings. The van der Waals surface area contributed by atoms with Gasteiger partial charge in [0.25, 0.3) is 9.05 Å². The molecule has 16 heavy (non-hydrogen) atoms. The molecular weight excluding hydrogens is 252 g/mol. The predicted molar refractivity (Wildman–Crippen MR) is 61.6 cm³/mol. The Morgan fingerprint density at radius 2 is 2.00 bits per heavy atom. The minimum absolute atomic E-state index is 0.0177. The van der Waals surface area contributed by atoms with Crippen molar-refractivity contribution in [2.45, 2.75) is 11.8 Å². The maximum Gasteiger partial charge on any atom is 0.264 e. The fourth-order valence-corrected chi connectivity index (χ4v) is 2.14.